The summed E-state index contributed by atoms with van der Waals surface area (Å²) in [6.45, 7) is 1.31. The summed E-state index contributed by atoms with van der Waals surface area (Å²) in [7, 11) is 1.74. The molecule has 0 spiro atoms. The van der Waals surface area contributed by atoms with Gasteiger partial charge in [0.15, 0.2) is 5.96 Å². The van der Waals surface area contributed by atoms with Crippen molar-refractivity contribution < 1.29 is 9.13 Å². The third kappa shape index (κ3) is 7.27. The van der Waals surface area contributed by atoms with Gasteiger partial charge in [-0.25, -0.2) is 14.1 Å². The Hall–Kier alpha value is -3.47. The number of rotatable bonds is 8. The van der Waals surface area contributed by atoms with E-state index in [1.54, 1.807) is 37.6 Å². The topological polar surface area (TPSA) is 76.4 Å². The highest BCUT2D eigenvalue weighted by Gasteiger charge is 2.03. The third-order valence-corrected chi connectivity index (χ3v) is 4.91. The molecule has 0 saturated carbocycles. The molecule has 2 heterocycles. The number of aromatic nitrogens is 3. The highest BCUT2D eigenvalue weighted by molar-refractivity contribution is 14.0. The summed E-state index contributed by atoms with van der Waals surface area (Å²) >= 11 is 0. The van der Waals surface area contributed by atoms with Crippen molar-refractivity contribution in [2.24, 2.45) is 4.99 Å². The molecular formula is C25H26FIN6O. The monoisotopic (exact) mass is 572 g/mol. The maximum absolute atomic E-state index is 13.3. The molecule has 0 saturated heterocycles. The summed E-state index contributed by atoms with van der Waals surface area (Å²) in [5, 5.41) is 10.8. The number of benzene rings is 2. The molecule has 0 aliphatic heterocycles. The van der Waals surface area contributed by atoms with Crippen LogP contribution in [0, 0.1) is 5.82 Å². The first-order valence-electron chi connectivity index (χ1n) is 10.6. The number of aliphatic imine (C=N–C) groups is 1. The summed E-state index contributed by atoms with van der Waals surface area (Å²) in [6.07, 6.45) is 6.28. The van der Waals surface area contributed by atoms with Gasteiger partial charge in [0.1, 0.15) is 11.6 Å². The number of guanidine groups is 1. The van der Waals surface area contributed by atoms with Crippen molar-refractivity contribution in [3.05, 3.63) is 102 Å². The van der Waals surface area contributed by atoms with Gasteiger partial charge in [0.05, 0.1) is 5.69 Å². The summed E-state index contributed by atoms with van der Waals surface area (Å²) in [6, 6.07) is 19.9. The molecule has 4 rings (SSSR count). The van der Waals surface area contributed by atoms with Crippen LogP contribution in [0.2, 0.25) is 0 Å². The van der Waals surface area contributed by atoms with E-state index in [2.05, 4.69) is 50.0 Å². The zero-order valence-corrected chi connectivity index (χ0v) is 21.0. The second-order valence-electron chi connectivity index (χ2n) is 7.28. The van der Waals surface area contributed by atoms with Gasteiger partial charge in [0.2, 0.25) is 5.88 Å². The zero-order valence-electron chi connectivity index (χ0n) is 18.7. The van der Waals surface area contributed by atoms with Gasteiger partial charge in [-0.05, 0) is 47.9 Å². The number of hydrogen-bond donors (Lipinski definition) is 2. The predicted molar refractivity (Wildman–Crippen MR) is 142 cm³/mol. The van der Waals surface area contributed by atoms with Crippen LogP contribution in [-0.4, -0.2) is 34.3 Å². The van der Waals surface area contributed by atoms with Crippen molar-refractivity contribution in [3.63, 3.8) is 0 Å². The highest BCUT2D eigenvalue weighted by Crippen LogP contribution is 2.20. The highest BCUT2D eigenvalue weighted by atomic mass is 127. The van der Waals surface area contributed by atoms with E-state index in [4.69, 9.17) is 4.74 Å². The molecule has 0 atom stereocenters. The van der Waals surface area contributed by atoms with E-state index in [-0.39, 0.29) is 29.8 Å². The summed E-state index contributed by atoms with van der Waals surface area (Å²) in [5.74, 6) is 1.18. The van der Waals surface area contributed by atoms with Gasteiger partial charge >= 0.3 is 0 Å². The minimum Gasteiger partial charge on any atom is -0.439 e. The van der Waals surface area contributed by atoms with Crippen LogP contribution >= 0.6 is 24.0 Å². The third-order valence-electron chi connectivity index (χ3n) is 4.91. The van der Waals surface area contributed by atoms with Gasteiger partial charge in [0.25, 0.3) is 0 Å². The lowest BCUT2D eigenvalue weighted by Crippen LogP contribution is -2.37. The Labute approximate surface area is 215 Å². The summed E-state index contributed by atoms with van der Waals surface area (Å²) in [5.41, 5.74) is 3.24. The fourth-order valence-electron chi connectivity index (χ4n) is 3.20. The first kappa shape index (κ1) is 25.2. The van der Waals surface area contributed by atoms with Gasteiger partial charge in [-0.15, -0.1) is 24.0 Å². The molecule has 0 radical (unpaired) electrons. The van der Waals surface area contributed by atoms with Gasteiger partial charge in [-0.3, -0.25) is 4.99 Å². The SMILES string of the molecule is CN=C(NCCc1ccc(-n2cccn2)cc1)NCc1ccc(Oc2cccc(F)c2)nc1.I. The Morgan fingerprint density at radius 2 is 1.85 bits per heavy atom. The standard InChI is InChI=1S/C25H25FN6O.HI/c1-27-25(28-14-12-19-6-9-22(10-7-19)32-15-3-13-31-32)30-18-20-8-11-24(29-17-20)33-23-5-2-4-21(26)16-23;/h2-11,13,15-17H,12,14,18H2,1H3,(H2,27,28,30);1H. The lowest BCUT2D eigenvalue weighted by molar-refractivity contribution is 0.457. The average Bonchev–Trinajstić information content (AvgIpc) is 3.38. The van der Waals surface area contributed by atoms with Crippen molar-refractivity contribution in [2.45, 2.75) is 13.0 Å². The number of nitrogens with one attached hydrogen (secondary N) is 2. The summed E-state index contributed by atoms with van der Waals surface area (Å²) < 4.78 is 20.7. The molecule has 4 aromatic rings. The minimum absolute atomic E-state index is 0. The molecule has 34 heavy (non-hydrogen) atoms. The first-order valence-corrected chi connectivity index (χ1v) is 10.6. The van der Waals surface area contributed by atoms with Gasteiger partial charge in [0, 0.05) is 50.9 Å². The first-order chi connectivity index (χ1) is 16.2. The van der Waals surface area contributed by atoms with Crippen LogP contribution in [0.4, 0.5) is 4.39 Å². The average molecular weight is 572 g/mol. The zero-order chi connectivity index (χ0) is 22.9. The number of pyridine rings is 1. The minimum atomic E-state index is -0.349. The molecule has 0 aliphatic carbocycles. The maximum Gasteiger partial charge on any atom is 0.219 e. The Morgan fingerprint density at radius 3 is 2.53 bits per heavy atom. The van der Waals surface area contributed by atoms with E-state index in [0.717, 1.165) is 24.2 Å². The fraction of sp³-hybridized carbons (Fsp3) is 0.160. The van der Waals surface area contributed by atoms with Crippen LogP contribution in [0.25, 0.3) is 5.69 Å². The molecule has 0 unspecified atom stereocenters. The normalized spacial score (nSPS) is 10.9. The molecule has 0 aliphatic rings. The molecule has 0 bridgehead atoms. The predicted octanol–water partition coefficient (Wildman–Crippen LogP) is 4.72. The van der Waals surface area contributed by atoms with Crippen LogP contribution in [0.1, 0.15) is 11.1 Å². The Bertz CT molecular complexity index is 1180. The number of ether oxygens (including phenoxy) is 1. The number of nitrogens with zero attached hydrogens (tertiary/aromatic N) is 4. The van der Waals surface area contributed by atoms with Gasteiger partial charge in [-0.1, -0.05) is 24.3 Å². The van der Waals surface area contributed by atoms with Crippen LogP contribution < -0.4 is 15.4 Å². The van der Waals surface area contributed by atoms with Crippen LogP contribution in [0.15, 0.2) is 90.3 Å². The van der Waals surface area contributed by atoms with E-state index in [0.29, 0.717) is 24.1 Å². The lowest BCUT2D eigenvalue weighted by atomic mass is 10.1. The fourth-order valence-corrected chi connectivity index (χ4v) is 3.20. The second-order valence-corrected chi connectivity index (χ2v) is 7.28. The van der Waals surface area contributed by atoms with Crippen molar-refractivity contribution in [1.82, 2.24) is 25.4 Å². The number of halogens is 2. The Kier molecular flexibility index (Phi) is 9.39. The van der Waals surface area contributed by atoms with Gasteiger partial charge in [-0.2, -0.15) is 5.10 Å². The van der Waals surface area contributed by atoms with Crippen LogP contribution in [0.5, 0.6) is 11.6 Å². The molecule has 176 valence electrons. The quantitative estimate of drug-likeness (QED) is 0.182. The lowest BCUT2D eigenvalue weighted by Gasteiger charge is -2.12. The van der Waals surface area contributed by atoms with Crippen LogP contribution in [-0.2, 0) is 13.0 Å². The Balaban J connectivity index is 0.00000324. The second kappa shape index (κ2) is 12.7. The number of hydrogen-bond acceptors (Lipinski definition) is 4. The van der Waals surface area contributed by atoms with Crippen LogP contribution in [0.3, 0.4) is 0 Å². The van der Waals surface area contributed by atoms with Crippen molar-refractivity contribution in [1.29, 1.82) is 0 Å². The van der Waals surface area contributed by atoms with E-state index in [9.17, 15) is 4.39 Å². The maximum atomic E-state index is 13.3. The summed E-state index contributed by atoms with van der Waals surface area (Å²) in [4.78, 5) is 8.55. The smallest absolute Gasteiger partial charge is 0.219 e. The molecule has 0 fully saturated rings. The van der Waals surface area contributed by atoms with E-state index in [1.165, 1.54) is 17.7 Å². The Morgan fingerprint density at radius 1 is 1.03 bits per heavy atom. The molecule has 2 aromatic heterocycles. The van der Waals surface area contributed by atoms with E-state index < -0.39 is 0 Å². The molecule has 7 nitrogen and oxygen atoms in total. The molecular weight excluding hydrogens is 546 g/mol. The largest absolute Gasteiger partial charge is 0.439 e. The molecule has 0 amide bonds. The van der Waals surface area contributed by atoms with Crippen molar-refractivity contribution in [3.8, 4) is 17.3 Å². The van der Waals surface area contributed by atoms with E-state index in [1.807, 2.05) is 23.0 Å². The van der Waals surface area contributed by atoms with Gasteiger partial charge < -0.3 is 15.4 Å². The van der Waals surface area contributed by atoms with E-state index >= 15 is 0 Å². The molecule has 2 N–H and O–H groups in total. The molecule has 2 aromatic carbocycles. The van der Waals surface area contributed by atoms with Crippen molar-refractivity contribution >= 4 is 29.9 Å². The van der Waals surface area contributed by atoms with Crippen molar-refractivity contribution in [2.75, 3.05) is 13.6 Å². The molecule has 9 heteroatoms.